The van der Waals surface area contributed by atoms with Gasteiger partial charge in [-0.25, -0.2) is 0 Å². The van der Waals surface area contributed by atoms with Crippen molar-refractivity contribution < 1.29 is 4.42 Å². The van der Waals surface area contributed by atoms with Crippen LogP contribution in [-0.2, 0) is 6.54 Å². The van der Waals surface area contributed by atoms with Crippen molar-refractivity contribution in [2.24, 2.45) is 0 Å². The Hall–Kier alpha value is -0.580. The maximum atomic E-state index is 5.44. The van der Waals surface area contributed by atoms with Gasteiger partial charge in [-0.1, -0.05) is 28.1 Å². The molecule has 1 atom stereocenters. The maximum absolute atomic E-state index is 5.44. The molecule has 0 amide bonds. The topological polar surface area (TPSA) is 25.2 Å². The van der Waals surface area contributed by atoms with Crippen LogP contribution < -0.4 is 5.32 Å². The summed E-state index contributed by atoms with van der Waals surface area (Å²) in [5, 5.41) is 3.42. The standard InChI is InChI=1S/C13H13Br2NO/c1-9(10-2-4-11(14)5-3-10)16-8-12-6-7-13(15)17-12/h2-7,9,16H,8H2,1H3. The van der Waals surface area contributed by atoms with E-state index in [4.69, 9.17) is 4.42 Å². The second kappa shape index (κ2) is 5.85. The highest BCUT2D eigenvalue weighted by molar-refractivity contribution is 9.10. The Labute approximate surface area is 118 Å². The zero-order valence-electron chi connectivity index (χ0n) is 9.41. The molecule has 0 aliphatic heterocycles. The van der Waals surface area contributed by atoms with Crippen molar-refractivity contribution in [1.29, 1.82) is 0 Å². The lowest BCUT2D eigenvalue weighted by molar-refractivity contribution is 0.447. The summed E-state index contributed by atoms with van der Waals surface area (Å²) in [4.78, 5) is 0. The number of rotatable bonds is 4. The highest BCUT2D eigenvalue weighted by Crippen LogP contribution is 2.18. The van der Waals surface area contributed by atoms with Gasteiger partial charge in [0.05, 0.1) is 6.54 Å². The van der Waals surface area contributed by atoms with E-state index in [1.54, 1.807) is 0 Å². The van der Waals surface area contributed by atoms with Crippen molar-refractivity contribution in [3.05, 3.63) is 56.9 Å². The van der Waals surface area contributed by atoms with Gasteiger partial charge in [0.1, 0.15) is 5.76 Å². The molecule has 17 heavy (non-hydrogen) atoms. The lowest BCUT2D eigenvalue weighted by atomic mass is 10.1. The SMILES string of the molecule is CC(NCc1ccc(Br)o1)c1ccc(Br)cc1. The van der Waals surface area contributed by atoms with E-state index in [-0.39, 0.29) is 0 Å². The van der Waals surface area contributed by atoms with Crippen molar-refractivity contribution in [3.63, 3.8) is 0 Å². The summed E-state index contributed by atoms with van der Waals surface area (Å²) in [7, 11) is 0. The van der Waals surface area contributed by atoms with Crippen LogP contribution in [-0.4, -0.2) is 0 Å². The van der Waals surface area contributed by atoms with Crippen molar-refractivity contribution in [2.75, 3.05) is 0 Å². The molecule has 90 valence electrons. The monoisotopic (exact) mass is 357 g/mol. The summed E-state index contributed by atoms with van der Waals surface area (Å²) < 4.78 is 7.31. The van der Waals surface area contributed by atoms with E-state index in [0.717, 1.165) is 21.4 Å². The minimum Gasteiger partial charge on any atom is -0.453 e. The van der Waals surface area contributed by atoms with Crippen LogP contribution in [0.1, 0.15) is 24.3 Å². The van der Waals surface area contributed by atoms with E-state index >= 15 is 0 Å². The Morgan fingerprint density at radius 2 is 1.82 bits per heavy atom. The molecule has 0 spiro atoms. The van der Waals surface area contributed by atoms with Crippen LogP contribution in [0.4, 0.5) is 0 Å². The van der Waals surface area contributed by atoms with Crippen LogP contribution >= 0.6 is 31.9 Å². The van der Waals surface area contributed by atoms with Gasteiger partial charge in [-0.3, -0.25) is 0 Å². The largest absolute Gasteiger partial charge is 0.453 e. The van der Waals surface area contributed by atoms with Gasteiger partial charge < -0.3 is 9.73 Å². The lowest BCUT2D eigenvalue weighted by Gasteiger charge is -2.13. The molecule has 0 aliphatic carbocycles. The molecule has 0 fully saturated rings. The summed E-state index contributed by atoms with van der Waals surface area (Å²) in [6.45, 7) is 2.87. The van der Waals surface area contributed by atoms with E-state index in [2.05, 4.69) is 68.4 Å². The minimum absolute atomic E-state index is 0.298. The van der Waals surface area contributed by atoms with Gasteiger partial charge in [0.15, 0.2) is 4.67 Å². The van der Waals surface area contributed by atoms with E-state index < -0.39 is 0 Å². The second-order valence-electron chi connectivity index (χ2n) is 3.86. The Morgan fingerprint density at radius 1 is 1.12 bits per heavy atom. The third kappa shape index (κ3) is 3.69. The van der Waals surface area contributed by atoms with Crippen LogP contribution in [0.3, 0.4) is 0 Å². The molecule has 2 rings (SSSR count). The highest BCUT2D eigenvalue weighted by atomic mass is 79.9. The van der Waals surface area contributed by atoms with Gasteiger partial charge in [0.2, 0.25) is 0 Å². The summed E-state index contributed by atoms with van der Waals surface area (Å²) in [5.41, 5.74) is 1.26. The second-order valence-corrected chi connectivity index (χ2v) is 5.56. The summed E-state index contributed by atoms with van der Waals surface area (Å²) in [6, 6.07) is 12.5. The first kappa shape index (κ1) is 12.9. The van der Waals surface area contributed by atoms with E-state index in [1.807, 2.05) is 12.1 Å². The molecule has 1 unspecified atom stereocenters. The van der Waals surface area contributed by atoms with Crippen LogP contribution in [0.25, 0.3) is 0 Å². The van der Waals surface area contributed by atoms with Crippen molar-refractivity contribution in [3.8, 4) is 0 Å². The van der Waals surface area contributed by atoms with Gasteiger partial charge in [-0.05, 0) is 52.7 Å². The van der Waals surface area contributed by atoms with Crippen molar-refractivity contribution >= 4 is 31.9 Å². The molecule has 1 aromatic heterocycles. The molecule has 0 radical (unpaired) electrons. The quantitative estimate of drug-likeness (QED) is 0.860. The van der Waals surface area contributed by atoms with E-state index in [9.17, 15) is 0 Å². The fourth-order valence-corrected chi connectivity index (χ4v) is 2.17. The normalized spacial score (nSPS) is 12.6. The van der Waals surface area contributed by atoms with Crippen LogP contribution in [0.15, 0.2) is 50.0 Å². The number of hydrogen-bond donors (Lipinski definition) is 1. The van der Waals surface area contributed by atoms with Gasteiger partial charge in [0.25, 0.3) is 0 Å². The zero-order chi connectivity index (χ0) is 12.3. The number of halogens is 2. The fourth-order valence-electron chi connectivity index (χ4n) is 1.57. The Balaban J connectivity index is 1.93. The summed E-state index contributed by atoms with van der Waals surface area (Å²) in [5.74, 6) is 0.931. The average Bonchev–Trinajstić information content (AvgIpc) is 2.73. The summed E-state index contributed by atoms with van der Waals surface area (Å²) in [6.07, 6.45) is 0. The zero-order valence-corrected chi connectivity index (χ0v) is 12.6. The number of nitrogens with one attached hydrogen (secondary N) is 1. The van der Waals surface area contributed by atoms with Crippen LogP contribution in [0.5, 0.6) is 0 Å². The third-order valence-electron chi connectivity index (χ3n) is 2.58. The molecule has 4 heteroatoms. The lowest BCUT2D eigenvalue weighted by Crippen LogP contribution is -2.17. The molecule has 1 N–H and O–H groups in total. The minimum atomic E-state index is 0.298. The Bertz CT molecular complexity index is 478. The molecular weight excluding hydrogens is 346 g/mol. The first-order chi connectivity index (χ1) is 8.15. The number of hydrogen-bond acceptors (Lipinski definition) is 2. The number of furan rings is 1. The van der Waals surface area contributed by atoms with E-state index in [1.165, 1.54) is 5.56 Å². The first-order valence-electron chi connectivity index (χ1n) is 5.38. The molecule has 1 aromatic carbocycles. The van der Waals surface area contributed by atoms with Crippen LogP contribution in [0.2, 0.25) is 0 Å². The van der Waals surface area contributed by atoms with Crippen molar-refractivity contribution in [2.45, 2.75) is 19.5 Å². The first-order valence-corrected chi connectivity index (χ1v) is 6.97. The smallest absolute Gasteiger partial charge is 0.169 e. The summed E-state index contributed by atoms with van der Waals surface area (Å²) >= 11 is 6.72. The highest BCUT2D eigenvalue weighted by Gasteiger charge is 2.06. The van der Waals surface area contributed by atoms with Crippen molar-refractivity contribution in [1.82, 2.24) is 5.32 Å². The predicted molar refractivity (Wildman–Crippen MR) is 75.8 cm³/mol. The molecule has 0 saturated heterocycles. The molecule has 0 bridgehead atoms. The van der Waals surface area contributed by atoms with Crippen LogP contribution in [0, 0.1) is 0 Å². The van der Waals surface area contributed by atoms with E-state index in [0.29, 0.717) is 6.04 Å². The third-order valence-corrected chi connectivity index (χ3v) is 3.54. The van der Waals surface area contributed by atoms with Gasteiger partial charge in [0, 0.05) is 10.5 Å². The fraction of sp³-hybridized carbons (Fsp3) is 0.231. The average molecular weight is 359 g/mol. The predicted octanol–water partition coefficient (Wildman–Crippen LogP) is 4.66. The number of benzene rings is 1. The molecule has 2 aromatic rings. The maximum Gasteiger partial charge on any atom is 0.169 e. The molecular formula is C13H13Br2NO. The Kier molecular flexibility index (Phi) is 4.42. The van der Waals surface area contributed by atoms with Gasteiger partial charge in [-0.15, -0.1) is 0 Å². The Morgan fingerprint density at radius 3 is 2.41 bits per heavy atom. The van der Waals surface area contributed by atoms with Gasteiger partial charge in [-0.2, -0.15) is 0 Å². The van der Waals surface area contributed by atoms with Gasteiger partial charge >= 0.3 is 0 Å². The molecule has 0 saturated carbocycles. The molecule has 2 nitrogen and oxygen atoms in total. The molecule has 0 aliphatic rings. The molecule has 1 heterocycles.